The van der Waals surface area contributed by atoms with Crippen molar-refractivity contribution < 1.29 is 13.2 Å². The second-order valence-corrected chi connectivity index (χ2v) is 9.72. The van der Waals surface area contributed by atoms with Gasteiger partial charge in [-0.25, -0.2) is 8.42 Å². The Morgan fingerprint density at radius 3 is 2.27 bits per heavy atom. The topological polar surface area (TPSA) is 108 Å². The number of aromatic nitrogens is 1. The number of carbonyl (C=O) groups is 1. The Balaban J connectivity index is 1.87. The van der Waals surface area contributed by atoms with Crippen LogP contribution in [0.15, 0.2) is 76.4 Å². The number of pyridine rings is 1. The SMILES string of the molecule is Cc1ccc(S(=O)(=O)Nc2[nH]c3c(Cl)cccc3c(=O)c2C(=O)Nc2ccccc2Cl)cc1. The number of anilines is 2. The van der Waals surface area contributed by atoms with Gasteiger partial charge >= 0.3 is 0 Å². The fraction of sp³-hybridized carbons (Fsp3) is 0.0435. The molecule has 4 rings (SSSR count). The van der Waals surface area contributed by atoms with Crippen LogP contribution in [-0.2, 0) is 10.0 Å². The van der Waals surface area contributed by atoms with E-state index in [-0.39, 0.29) is 37.3 Å². The van der Waals surface area contributed by atoms with Crippen LogP contribution in [0.4, 0.5) is 11.5 Å². The molecule has 0 saturated carbocycles. The lowest BCUT2D eigenvalue weighted by Crippen LogP contribution is -2.27. The Hall–Kier alpha value is -3.33. The summed E-state index contributed by atoms with van der Waals surface area (Å²) in [6.45, 7) is 1.82. The third kappa shape index (κ3) is 4.59. The van der Waals surface area contributed by atoms with Gasteiger partial charge in [0.05, 0.1) is 26.1 Å². The van der Waals surface area contributed by atoms with E-state index in [0.29, 0.717) is 0 Å². The molecule has 0 aliphatic carbocycles. The van der Waals surface area contributed by atoms with E-state index in [4.69, 9.17) is 23.2 Å². The average Bonchev–Trinajstić information content (AvgIpc) is 2.76. The molecule has 0 unspecified atom stereocenters. The first kappa shape index (κ1) is 22.8. The molecule has 33 heavy (non-hydrogen) atoms. The number of hydrogen-bond donors (Lipinski definition) is 3. The Morgan fingerprint density at radius 2 is 1.58 bits per heavy atom. The third-order valence-electron chi connectivity index (χ3n) is 4.90. The molecule has 0 fully saturated rings. The number of aryl methyl sites for hydroxylation is 1. The molecule has 1 heterocycles. The molecule has 0 atom stereocenters. The van der Waals surface area contributed by atoms with E-state index in [2.05, 4.69) is 15.0 Å². The molecule has 4 aromatic rings. The molecule has 1 aromatic heterocycles. The summed E-state index contributed by atoms with van der Waals surface area (Å²) >= 11 is 12.3. The summed E-state index contributed by atoms with van der Waals surface area (Å²) in [5, 5.41) is 3.14. The summed E-state index contributed by atoms with van der Waals surface area (Å²) in [6.07, 6.45) is 0. The summed E-state index contributed by atoms with van der Waals surface area (Å²) in [4.78, 5) is 29.2. The van der Waals surface area contributed by atoms with Crippen LogP contribution in [0.5, 0.6) is 0 Å². The smallest absolute Gasteiger partial charge is 0.263 e. The monoisotopic (exact) mass is 501 g/mol. The van der Waals surface area contributed by atoms with Crippen molar-refractivity contribution in [2.45, 2.75) is 11.8 Å². The summed E-state index contributed by atoms with van der Waals surface area (Å²) in [6, 6.07) is 17.2. The molecule has 0 radical (unpaired) electrons. The number of amides is 1. The number of H-pyrrole nitrogens is 1. The number of benzene rings is 3. The van der Waals surface area contributed by atoms with Crippen LogP contribution in [-0.4, -0.2) is 19.3 Å². The van der Waals surface area contributed by atoms with Gasteiger partial charge in [-0.15, -0.1) is 0 Å². The fourth-order valence-electron chi connectivity index (χ4n) is 3.23. The number of carbonyl (C=O) groups excluding carboxylic acids is 1. The van der Waals surface area contributed by atoms with E-state index in [1.54, 1.807) is 48.5 Å². The Kier molecular flexibility index (Phi) is 6.16. The first-order chi connectivity index (χ1) is 15.7. The number of sulfonamides is 1. The van der Waals surface area contributed by atoms with Gasteiger partial charge in [0.1, 0.15) is 11.4 Å². The van der Waals surface area contributed by atoms with Crippen LogP contribution in [0.25, 0.3) is 10.9 Å². The predicted molar refractivity (Wildman–Crippen MR) is 131 cm³/mol. The highest BCUT2D eigenvalue weighted by Crippen LogP contribution is 2.26. The average molecular weight is 502 g/mol. The van der Waals surface area contributed by atoms with Crippen LogP contribution >= 0.6 is 23.2 Å². The van der Waals surface area contributed by atoms with Gasteiger partial charge in [0, 0.05) is 5.39 Å². The van der Waals surface area contributed by atoms with Crippen molar-refractivity contribution in [3.63, 3.8) is 0 Å². The first-order valence-corrected chi connectivity index (χ1v) is 11.9. The summed E-state index contributed by atoms with van der Waals surface area (Å²) < 4.78 is 28.4. The summed E-state index contributed by atoms with van der Waals surface area (Å²) in [5.41, 5.74) is 0.208. The van der Waals surface area contributed by atoms with E-state index in [9.17, 15) is 18.0 Å². The second-order valence-electron chi connectivity index (χ2n) is 7.22. The molecule has 168 valence electrons. The van der Waals surface area contributed by atoms with Crippen LogP contribution in [0.1, 0.15) is 15.9 Å². The van der Waals surface area contributed by atoms with Gasteiger partial charge in [-0.3, -0.25) is 14.3 Å². The van der Waals surface area contributed by atoms with Crippen molar-refractivity contribution in [1.29, 1.82) is 0 Å². The van der Waals surface area contributed by atoms with E-state index in [1.165, 1.54) is 18.2 Å². The maximum absolute atomic E-state index is 13.3. The Morgan fingerprint density at radius 1 is 0.909 bits per heavy atom. The van der Waals surface area contributed by atoms with E-state index < -0.39 is 26.9 Å². The zero-order valence-electron chi connectivity index (χ0n) is 17.1. The number of fused-ring (bicyclic) bond motifs is 1. The first-order valence-electron chi connectivity index (χ1n) is 9.67. The van der Waals surface area contributed by atoms with Gasteiger partial charge < -0.3 is 10.3 Å². The maximum Gasteiger partial charge on any atom is 0.263 e. The number of rotatable bonds is 5. The second kappa shape index (κ2) is 8.90. The third-order valence-corrected chi connectivity index (χ3v) is 6.91. The lowest BCUT2D eigenvalue weighted by atomic mass is 10.1. The minimum atomic E-state index is -4.13. The summed E-state index contributed by atoms with van der Waals surface area (Å²) in [7, 11) is -4.13. The highest BCUT2D eigenvalue weighted by Gasteiger charge is 2.25. The molecular weight excluding hydrogens is 485 g/mol. The Bertz CT molecular complexity index is 1550. The molecule has 10 heteroatoms. The van der Waals surface area contributed by atoms with Gasteiger partial charge in [0.25, 0.3) is 15.9 Å². The molecule has 0 saturated heterocycles. The zero-order valence-corrected chi connectivity index (χ0v) is 19.5. The number of hydrogen-bond acceptors (Lipinski definition) is 4. The molecule has 0 bridgehead atoms. The minimum Gasteiger partial charge on any atom is -0.339 e. The number of para-hydroxylation sites is 2. The summed E-state index contributed by atoms with van der Waals surface area (Å²) in [5.74, 6) is -1.15. The largest absolute Gasteiger partial charge is 0.339 e. The van der Waals surface area contributed by atoms with Crippen molar-refractivity contribution in [1.82, 2.24) is 4.98 Å². The maximum atomic E-state index is 13.3. The molecular formula is C23H17Cl2N3O4S. The van der Waals surface area contributed by atoms with Gasteiger partial charge in [-0.05, 0) is 43.3 Å². The predicted octanol–water partition coefficient (Wildman–Crippen LogP) is 5.20. The lowest BCUT2D eigenvalue weighted by molar-refractivity contribution is 0.102. The van der Waals surface area contributed by atoms with Crippen LogP contribution in [0.3, 0.4) is 0 Å². The van der Waals surface area contributed by atoms with Gasteiger partial charge in [-0.1, -0.05) is 59.1 Å². The zero-order chi connectivity index (χ0) is 23.8. The van der Waals surface area contributed by atoms with Crippen molar-refractivity contribution >= 4 is 61.5 Å². The normalized spacial score (nSPS) is 11.4. The van der Waals surface area contributed by atoms with Gasteiger partial charge in [0.15, 0.2) is 0 Å². The van der Waals surface area contributed by atoms with Crippen LogP contribution in [0.2, 0.25) is 10.0 Å². The lowest BCUT2D eigenvalue weighted by Gasteiger charge is -2.15. The molecule has 0 aliphatic heterocycles. The van der Waals surface area contributed by atoms with E-state index in [1.807, 2.05) is 6.92 Å². The number of halogens is 2. The standard InChI is InChI=1S/C23H17Cl2N3O4S/c1-13-9-11-14(12-10-13)33(31,32)28-22-19(23(30)26-18-8-3-2-6-16(18)24)21(29)15-5-4-7-17(25)20(15)27-22/h2-12H,1H3,(H,26,30)(H2,27,28,29). The van der Waals surface area contributed by atoms with E-state index in [0.717, 1.165) is 5.56 Å². The minimum absolute atomic E-state index is 0.0364. The van der Waals surface area contributed by atoms with Crippen LogP contribution in [0, 0.1) is 6.92 Å². The van der Waals surface area contributed by atoms with Crippen LogP contribution < -0.4 is 15.5 Å². The Labute approximate surface area is 199 Å². The molecule has 1 amide bonds. The van der Waals surface area contributed by atoms with Gasteiger partial charge in [0.2, 0.25) is 5.43 Å². The van der Waals surface area contributed by atoms with E-state index >= 15 is 0 Å². The highest BCUT2D eigenvalue weighted by atomic mass is 35.5. The molecule has 3 N–H and O–H groups in total. The van der Waals surface area contributed by atoms with Crippen molar-refractivity contribution in [3.05, 3.63) is 98.1 Å². The number of nitrogens with one attached hydrogen (secondary N) is 3. The van der Waals surface area contributed by atoms with Gasteiger partial charge in [-0.2, -0.15) is 0 Å². The molecule has 3 aromatic carbocycles. The quantitative estimate of drug-likeness (QED) is 0.349. The highest BCUT2D eigenvalue weighted by molar-refractivity contribution is 7.92. The van der Waals surface area contributed by atoms with Crippen molar-refractivity contribution in [2.75, 3.05) is 10.0 Å². The van der Waals surface area contributed by atoms with Crippen molar-refractivity contribution in [2.24, 2.45) is 0 Å². The van der Waals surface area contributed by atoms with Crippen molar-refractivity contribution in [3.8, 4) is 0 Å². The number of aromatic amines is 1. The molecule has 0 aliphatic rings. The fourth-order valence-corrected chi connectivity index (χ4v) is 4.67. The molecule has 0 spiro atoms. The molecule has 7 nitrogen and oxygen atoms in total.